The van der Waals surface area contributed by atoms with E-state index < -0.39 is 0 Å². The maximum Gasteiger partial charge on any atom is 0.157 e. The van der Waals surface area contributed by atoms with Crippen LogP contribution in [0.25, 0.3) is 0 Å². The predicted octanol–water partition coefficient (Wildman–Crippen LogP) is 3.36. The van der Waals surface area contributed by atoms with Crippen molar-refractivity contribution < 1.29 is 4.74 Å². The number of nitrogens with one attached hydrogen (secondary N) is 1. The first kappa shape index (κ1) is 13.3. The summed E-state index contributed by atoms with van der Waals surface area (Å²) in [5.41, 5.74) is 2.47. The Labute approximate surface area is 126 Å². The average molecular weight is 341 g/mol. The number of halogens is 1. The van der Waals surface area contributed by atoms with Crippen molar-refractivity contribution in [2.24, 2.45) is 4.99 Å². The molecule has 2 aliphatic rings. The van der Waals surface area contributed by atoms with Crippen LogP contribution >= 0.6 is 27.7 Å². The first-order valence-corrected chi connectivity index (χ1v) is 8.42. The molecular formula is C14H17BrN2OS. The van der Waals surface area contributed by atoms with E-state index in [9.17, 15) is 0 Å². The van der Waals surface area contributed by atoms with E-state index in [1.165, 1.54) is 11.1 Å². The molecule has 0 spiro atoms. The molecule has 3 rings (SSSR count). The van der Waals surface area contributed by atoms with E-state index in [0.29, 0.717) is 12.6 Å². The lowest BCUT2D eigenvalue weighted by molar-refractivity contribution is 0.353. The number of hydrogen-bond acceptors (Lipinski definition) is 3. The summed E-state index contributed by atoms with van der Waals surface area (Å²) >= 11 is 5.38. The lowest BCUT2D eigenvalue weighted by atomic mass is 10.1. The number of benzene rings is 1. The van der Waals surface area contributed by atoms with Gasteiger partial charge in [0, 0.05) is 28.3 Å². The molecule has 3 nitrogen and oxygen atoms in total. The van der Waals surface area contributed by atoms with Crippen LogP contribution < -0.4 is 10.1 Å². The molecule has 1 aromatic carbocycles. The van der Waals surface area contributed by atoms with Crippen LogP contribution in [0.15, 0.2) is 21.6 Å². The second-order valence-corrected chi connectivity index (χ2v) is 6.76. The standard InChI is InChI=1S/C14H17BrN2OS/c1-2-12-8-19-14(17-12)16-7-10-6-11(15)5-9-3-4-18-13(9)10/h5-6,12H,2-4,7-8H2,1H3,(H,16,17). The van der Waals surface area contributed by atoms with Gasteiger partial charge in [-0.15, -0.1) is 0 Å². The second kappa shape index (κ2) is 5.75. The summed E-state index contributed by atoms with van der Waals surface area (Å²) in [5.74, 6) is 2.17. The third-order valence-electron chi connectivity index (χ3n) is 3.46. The summed E-state index contributed by atoms with van der Waals surface area (Å²) in [7, 11) is 0. The normalized spacial score (nSPS) is 23.3. The number of rotatable bonds is 3. The highest BCUT2D eigenvalue weighted by atomic mass is 79.9. The monoisotopic (exact) mass is 340 g/mol. The van der Waals surface area contributed by atoms with E-state index in [4.69, 9.17) is 4.74 Å². The van der Waals surface area contributed by atoms with Gasteiger partial charge in [0.05, 0.1) is 13.2 Å². The van der Waals surface area contributed by atoms with Crippen LogP contribution in [-0.4, -0.2) is 23.6 Å². The molecule has 102 valence electrons. The Hall–Kier alpha value is -0.680. The number of aliphatic imine (C=N–C) groups is 1. The van der Waals surface area contributed by atoms with Gasteiger partial charge in [-0.3, -0.25) is 4.99 Å². The van der Waals surface area contributed by atoms with Gasteiger partial charge in [-0.1, -0.05) is 34.6 Å². The third kappa shape index (κ3) is 2.92. The molecule has 1 unspecified atom stereocenters. The van der Waals surface area contributed by atoms with Crippen molar-refractivity contribution in [3.05, 3.63) is 27.7 Å². The molecule has 0 amide bonds. The molecule has 0 bridgehead atoms. The second-order valence-electron chi connectivity index (χ2n) is 4.83. The van der Waals surface area contributed by atoms with Gasteiger partial charge >= 0.3 is 0 Å². The Morgan fingerprint density at radius 1 is 1.53 bits per heavy atom. The van der Waals surface area contributed by atoms with E-state index in [-0.39, 0.29) is 0 Å². The fraction of sp³-hybridized carbons (Fsp3) is 0.500. The summed E-state index contributed by atoms with van der Waals surface area (Å²) < 4.78 is 6.84. The molecule has 0 radical (unpaired) electrons. The number of fused-ring (bicyclic) bond motifs is 1. The zero-order valence-corrected chi connectivity index (χ0v) is 13.3. The van der Waals surface area contributed by atoms with Crippen molar-refractivity contribution in [2.45, 2.75) is 32.4 Å². The summed E-state index contributed by atoms with van der Waals surface area (Å²) in [5, 5.41) is 4.52. The molecule has 1 saturated heterocycles. The quantitative estimate of drug-likeness (QED) is 0.915. The van der Waals surface area contributed by atoms with Crippen LogP contribution in [0.1, 0.15) is 24.5 Å². The van der Waals surface area contributed by atoms with Crippen LogP contribution in [-0.2, 0) is 13.0 Å². The third-order valence-corrected chi connectivity index (χ3v) is 5.01. The van der Waals surface area contributed by atoms with Crippen molar-refractivity contribution in [1.82, 2.24) is 5.32 Å². The molecule has 0 aliphatic carbocycles. The summed E-state index contributed by atoms with van der Waals surface area (Å²) in [6, 6.07) is 4.84. The topological polar surface area (TPSA) is 33.6 Å². The van der Waals surface area contributed by atoms with Gasteiger partial charge < -0.3 is 10.1 Å². The number of hydrogen-bond donors (Lipinski definition) is 1. The highest BCUT2D eigenvalue weighted by molar-refractivity contribution is 9.10. The number of thioether (sulfide) groups is 1. The summed E-state index contributed by atoms with van der Waals surface area (Å²) in [6.07, 6.45) is 2.16. The predicted molar refractivity (Wildman–Crippen MR) is 84.2 cm³/mol. The van der Waals surface area contributed by atoms with E-state index >= 15 is 0 Å². The van der Waals surface area contributed by atoms with E-state index in [1.807, 2.05) is 11.8 Å². The van der Waals surface area contributed by atoms with Crippen molar-refractivity contribution in [3.8, 4) is 5.75 Å². The molecule has 1 fully saturated rings. The number of amidine groups is 1. The van der Waals surface area contributed by atoms with Gasteiger partial charge in [0.2, 0.25) is 0 Å². The van der Waals surface area contributed by atoms with Crippen LogP contribution in [0.4, 0.5) is 0 Å². The molecule has 2 heterocycles. The number of ether oxygens (including phenoxy) is 1. The van der Waals surface area contributed by atoms with Crippen LogP contribution in [0.3, 0.4) is 0 Å². The van der Waals surface area contributed by atoms with E-state index in [2.05, 4.69) is 45.3 Å². The van der Waals surface area contributed by atoms with E-state index in [1.54, 1.807) is 0 Å². The van der Waals surface area contributed by atoms with Crippen LogP contribution in [0.5, 0.6) is 5.75 Å². The first-order valence-electron chi connectivity index (χ1n) is 6.64. The van der Waals surface area contributed by atoms with E-state index in [0.717, 1.165) is 40.6 Å². The largest absolute Gasteiger partial charge is 0.493 e. The maximum atomic E-state index is 5.72. The molecule has 0 saturated carbocycles. The van der Waals surface area contributed by atoms with Crippen molar-refractivity contribution in [3.63, 3.8) is 0 Å². The van der Waals surface area contributed by atoms with Gasteiger partial charge in [-0.05, 0) is 24.1 Å². The summed E-state index contributed by atoms with van der Waals surface area (Å²) in [6.45, 7) is 3.68. The maximum absolute atomic E-state index is 5.72. The van der Waals surface area contributed by atoms with Crippen LogP contribution in [0.2, 0.25) is 0 Å². The lowest BCUT2D eigenvalue weighted by Gasteiger charge is -2.08. The Morgan fingerprint density at radius 2 is 2.42 bits per heavy atom. The Balaban J connectivity index is 1.76. The van der Waals surface area contributed by atoms with Gasteiger partial charge in [0.1, 0.15) is 5.75 Å². The fourth-order valence-corrected chi connectivity index (χ4v) is 4.01. The van der Waals surface area contributed by atoms with Gasteiger partial charge in [-0.2, -0.15) is 0 Å². The van der Waals surface area contributed by atoms with Crippen molar-refractivity contribution >= 4 is 32.9 Å². The molecule has 19 heavy (non-hydrogen) atoms. The van der Waals surface area contributed by atoms with Crippen molar-refractivity contribution in [1.29, 1.82) is 0 Å². The highest BCUT2D eigenvalue weighted by Gasteiger charge is 2.20. The molecule has 2 aliphatic heterocycles. The smallest absolute Gasteiger partial charge is 0.157 e. The lowest BCUT2D eigenvalue weighted by Crippen LogP contribution is -2.25. The highest BCUT2D eigenvalue weighted by Crippen LogP contribution is 2.33. The molecule has 1 aromatic rings. The van der Waals surface area contributed by atoms with Crippen molar-refractivity contribution in [2.75, 3.05) is 12.4 Å². The molecule has 1 N–H and O–H groups in total. The number of nitrogens with zero attached hydrogens (tertiary/aromatic N) is 1. The Kier molecular flexibility index (Phi) is 4.03. The minimum Gasteiger partial charge on any atom is -0.493 e. The zero-order valence-electron chi connectivity index (χ0n) is 10.9. The van der Waals surface area contributed by atoms with Gasteiger partial charge in [0.25, 0.3) is 0 Å². The van der Waals surface area contributed by atoms with Gasteiger partial charge in [0.15, 0.2) is 5.17 Å². The summed E-state index contributed by atoms with van der Waals surface area (Å²) in [4.78, 5) is 4.68. The Bertz CT molecular complexity index is 518. The van der Waals surface area contributed by atoms with Gasteiger partial charge in [-0.25, -0.2) is 0 Å². The molecular weight excluding hydrogens is 324 g/mol. The minimum absolute atomic E-state index is 0.577. The molecule has 0 aromatic heterocycles. The SMILES string of the molecule is CCC1CSC(=NCc2cc(Br)cc3c2OCC3)N1. The Morgan fingerprint density at radius 3 is 3.21 bits per heavy atom. The first-order chi connectivity index (χ1) is 9.26. The minimum atomic E-state index is 0.577. The molecule has 5 heteroatoms. The fourth-order valence-electron chi connectivity index (χ4n) is 2.37. The zero-order chi connectivity index (χ0) is 13.2. The average Bonchev–Trinajstić information content (AvgIpc) is 3.03. The van der Waals surface area contributed by atoms with Crippen LogP contribution in [0, 0.1) is 0 Å². The molecule has 1 atom stereocenters.